The molecule has 0 aliphatic rings. The Balaban J connectivity index is 1.42. The number of aromatic nitrogens is 2. The molecule has 3 aromatic carbocycles. The van der Waals surface area contributed by atoms with Crippen LogP contribution >= 0.6 is 0 Å². The number of likely N-dealkylation sites (N-methyl/N-ethyl adjacent to an activating group) is 1. The molecule has 1 heterocycles. The van der Waals surface area contributed by atoms with Gasteiger partial charge >= 0.3 is 0 Å². The van der Waals surface area contributed by atoms with E-state index in [1.165, 1.54) is 21.9 Å². The van der Waals surface area contributed by atoms with E-state index in [-0.39, 0.29) is 5.91 Å². The highest BCUT2D eigenvalue weighted by Gasteiger charge is 2.16. The van der Waals surface area contributed by atoms with Crippen LogP contribution in [0.25, 0.3) is 16.5 Å². The van der Waals surface area contributed by atoms with Crippen molar-refractivity contribution in [2.75, 3.05) is 18.9 Å². The Morgan fingerprint density at radius 1 is 0.968 bits per heavy atom. The number of carbonyl (C=O) groups is 1. The predicted octanol–water partition coefficient (Wildman–Crippen LogP) is 5.02. The van der Waals surface area contributed by atoms with E-state index >= 15 is 0 Å². The number of nitrogens with zero attached hydrogens (tertiary/aromatic N) is 3. The summed E-state index contributed by atoms with van der Waals surface area (Å²) in [5.74, 6) is -0.0436. The highest BCUT2D eigenvalue weighted by atomic mass is 16.2. The Bertz CT molecular complexity index is 1220. The number of nitrogens with one attached hydrogen (secondary N) is 1. The van der Waals surface area contributed by atoms with Crippen LogP contribution in [0.5, 0.6) is 0 Å². The minimum Gasteiger partial charge on any atom is -0.322 e. The lowest BCUT2D eigenvalue weighted by atomic mass is 10.1. The normalized spacial score (nSPS) is 11.3. The molecule has 158 valence electrons. The van der Waals surface area contributed by atoms with Gasteiger partial charge in [-0.05, 0) is 62.4 Å². The first-order valence-electron chi connectivity index (χ1n) is 10.5. The molecule has 1 aromatic heterocycles. The number of anilines is 1. The fourth-order valence-electron chi connectivity index (χ4n) is 3.89. The molecule has 4 rings (SSSR count). The molecule has 1 N–H and O–H groups in total. The van der Waals surface area contributed by atoms with Crippen molar-refractivity contribution in [2.24, 2.45) is 0 Å². The zero-order valence-electron chi connectivity index (χ0n) is 18.5. The van der Waals surface area contributed by atoms with Crippen molar-refractivity contribution in [1.29, 1.82) is 0 Å². The molecular formula is C26H28N4O. The van der Waals surface area contributed by atoms with Crippen LogP contribution in [0.4, 0.5) is 5.69 Å². The van der Waals surface area contributed by atoms with Crippen LogP contribution in [0.3, 0.4) is 0 Å². The number of amides is 1. The van der Waals surface area contributed by atoms with Gasteiger partial charge in [0.15, 0.2) is 0 Å². The van der Waals surface area contributed by atoms with Crippen LogP contribution in [-0.2, 0) is 11.3 Å². The Morgan fingerprint density at radius 2 is 1.68 bits per heavy atom. The van der Waals surface area contributed by atoms with Crippen LogP contribution in [0.1, 0.15) is 22.5 Å². The van der Waals surface area contributed by atoms with E-state index < -0.39 is 0 Å². The molecule has 5 heteroatoms. The fourth-order valence-corrected chi connectivity index (χ4v) is 3.89. The van der Waals surface area contributed by atoms with Crippen LogP contribution in [0.2, 0.25) is 0 Å². The summed E-state index contributed by atoms with van der Waals surface area (Å²) in [4.78, 5) is 14.8. The van der Waals surface area contributed by atoms with Crippen LogP contribution < -0.4 is 5.32 Å². The summed E-state index contributed by atoms with van der Waals surface area (Å²) in [6, 6.07) is 23.0. The monoisotopic (exact) mass is 412 g/mol. The number of hydrogen-bond acceptors (Lipinski definition) is 3. The first-order chi connectivity index (χ1) is 14.9. The van der Waals surface area contributed by atoms with E-state index in [1.54, 1.807) is 0 Å². The van der Waals surface area contributed by atoms with Crippen LogP contribution in [-0.4, -0.2) is 34.2 Å². The third kappa shape index (κ3) is 4.67. The van der Waals surface area contributed by atoms with Gasteiger partial charge in [0, 0.05) is 6.54 Å². The zero-order chi connectivity index (χ0) is 22.0. The van der Waals surface area contributed by atoms with Crippen molar-refractivity contribution < 1.29 is 4.79 Å². The zero-order valence-corrected chi connectivity index (χ0v) is 18.5. The summed E-state index contributed by atoms with van der Waals surface area (Å²) in [6.45, 7) is 6.98. The summed E-state index contributed by atoms with van der Waals surface area (Å²) < 4.78 is 1.88. The van der Waals surface area contributed by atoms with Gasteiger partial charge in [0.05, 0.1) is 29.3 Å². The molecule has 0 bridgehead atoms. The minimum absolute atomic E-state index is 0.0436. The summed E-state index contributed by atoms with van der Waals surface area (Å²) in [5.41, 5.74) is 5.89. The second-order valence-corrected chi connectivity index (χ2v) is 8.20. The standard InChI is InChI=1S/C26H28N4O/c1-18-9-13-24(14-10-18)30-20(3)26(19(2)28-30)27-25(31)17-29(4)16-21-11-12-22-7-5-6-8-23(22)15-21/h5-15H,16-17H2,1-4H3,(H,27,31). The van der Waals surface area contributed by atoms with E-state index in [2.05, 4.69) is 59.8 Å². The summed E-state index contributed by atoms with van der Waals surface area (Å²) in [6.07, 6.45) is 0. The summed E-state index contributed by atoms with van der Waals surface area (Å²) >= 11 is 0. The number of rotatable bonds is 6. The highest BCUT2D eigenvalue weighted by molar-refractivity contribution is 5.93. The molecule has 0 saturated carbocycles. The van der Waals surface area contributed by atoms with Gasteiger partial charge in [-0.1, -0.05) is 54.1 Å². The smallest absolute Gasteiger partial charge is 0.238 e. The molecule has 1 amide bonds. The molecule has 0 aliphatic heterocycles. The van der Waals surface area contributed by atoms with Gasteiger partial charge < -0.3 is 5.32 Å². The van der Waals surface area contributed by atoms with E-state index in [9.17, 15) is 4.79 Å². The van der Waals surface area contributed by atoms with E-state index in [1.807, 2.05) is 54.7 Å². The average Bonchev–Trinajstić information content (AvgIpc) is 3.02. The number of hydrogen-bond donors (Lipinski definition) is 1. The van der Waals surface area contributed by atoms with Crippen molar-refractivity contribution in [2.45, 2.75) is 27.3 Å². The van der Waals surface area contributed by atoms with Gasteiger partial charge in [0.2, 0.25) is 5.91 Å². The van der Waals surface area contributed by atoms with Gasteiger partial charge in [0.1, 0.15) is 0 Å². The Kier molecular flexibility index (Phi) is 5.87. The first-order valence-corrected chi connectivity index (χ1v) is 10.5. The second kappa shape index (κ2) is 8.74. The van der Waals surface area contributed by atoms with Crippen molar-refractivity contribution in [3.63, 3.8) is 0 Å². The summed E-state index contributed by atoms with van der Waals surface area (Å²) in [7, 11) is 1.96. The van der Waals surface area contributed by atoms with E-state index in [4.69, 9.17) is 0 Å². The molecule has 0 aliphatic carbocycles. The molecule has 0 spiro atoms. The maximum Gasteiger partial charge on any atom is 0.238 e. The third-order valence-corrected chi connectivity index (χ3v) is 5.51. The van der Waals surface area contributed by atoms with Crippen molar-refractivity contribution in [1.82, 2.24) is 14.7 Å². The Morgan fingerprint density at radius 3 is 2.42 bits per heavy atom. The third-order valence-electron chi connectivity index (χ3n) is 5.51. The number of carbonyl (C=O) groups excluding carboxylic acids is 1. The first kappa shape index (κ1) is 20.8. The molecule has 0 atom stereocenters. The predicted molar refractivity (Wildman–Crippen MR) is 127 cm³/mol. The average molecular weight is 413 g/mol. The number of aryl methyl sites for hydroxylation is 2. The molecular weight excluding hydrogens is 384 g/mol. The highest BCUT2D eigenvalue weighted by Crippen LogP contribution is 2.23. The fraction of sp³-hybridized carbons (Fsp3) is 0.231. The van der Waals surface area contributed by atoms with Gasteiger partial charge in [-0.2, -0.15) is 5.10 Å². The van der Waals surface area contributed by atoms with Crippen LogP contribution in [0.15, 0.2) is 66.7 Å². The molecule has 0 radical (unpaired) electrons. The van der Waals surface area contributed by atoms with Gasteiger partial charge in [-0.15, -0.1) is 0 Å². The Labute approximate surface area is 183 Å². The molecule has 31 heavy (non-hydrogen) atoms. The maximum absolute atomic E-state index is 12.7. The lowest BCUT2D eigenvalue weighted by molar-refractivity contribution is -0.117. The van der Waals surface area contributed by atoms with Crippen molar-refractivity contribution >= 4 is 22.4 Å². The van der Waals surface area contributed by atoms with E-state index in [0.717, 1.165) is 22.8 Å². The van der Waals surface area contributed by atoms with Gasteiger partial charge in [-0.25, -0.2) is 4.68 Å². The van der Waals surface area contributed by atoms with E-state index in [0.29, 0.717) is 13.1 Å². The topological polar surface area (TPSA) is 50.2 Å². The second-order valence-electron chi connectivity index (χ2n) is 8.20. The Hall–Kier alpha value is -3.44. The molecule has 0 saturated heterocycles. The van der Waals surface area contributed by atoms with Gasteiger partial charge in [-0.3, -0.25) is 9.69 Å². The number of benzene rings is 3. The van der Waals surface area contributed by atoms with Crippen molar-refractivity contribution in [3.8, 4) is 5.69 Å². The maximum atomic E-state index is 12.7. The largest absolute Gasteiger partial charge is 0.322 e. The molecule has 0 fully saturated rings. The van der Waals surface area contributed by atoms with Crippen molar-refractivity contribution in [3.05, 3.63) is 89.2 Å². The van der Waals surface area contributed by atoms with Crippen LogP contribution in [0, 0.1) is 20.8 Å². The summed E-state index contributed by atoms with van der Waals surface area (Å²) in [5, 5.41) is 10.1. The lowest BCUT2D eigenvalue weighted by Crippen LogP contribution is -2.30. The minimum atomic E-state index is -0.0436. The quantitative estimate of drug-likeness (QED) is 0.484. The lowest BCUT2D eigenvalue weighted by Gasteiger charge is -2.17. The molecule has 5 nitrogen and oxygen atoms in total. The SMILES string of the molecule is Cc1ccc(-n2nc(C)c(NC(=O)CN(C)Cc3ccc4ccccc4c3)c2C)cc1. The number of fused-ring (bicyclic) bond motifs is 1. The molecule has 0 unspecified atom stereocenters. The molecule has 4 aromatic rings. The van der Waals surface area contributed by atoms with Gasteiger partial charge in [0.25, 0.3) is 0 Å².